The zero-order chi connectivity index (χ0) is 30.1. The lowest BCUT2D eigenvalue weighted by molar-refractivity contribution is 0.669. The van der Waals surface area contributed by atoms with Gasteiger partial charge in [-0.2, -0.15) is 0 Å². The molecule has 0 aliphatic carbocycles. The van der Waals surface area contributed by atoms with Crippen molar-refractivity contribution in [2.75, 3.05) is 4.90 Å². The van der Waals surface area contributed by atoms with Crippen LogP contribution in [0.4, 0.5) is 17.1 Å². The highest BCUT2D eigenvalue weighted by atomic mass is 28.3. The predicted octanol–water partition coefficient (Wildman–Crippen LogP) is 10.7. The van der Waals surface area contributed by atoms with E-state index in [4.69, 9.17) is 4.42 Å². The van der Waals surface area contributed by atoms with Crippen LogP contribution >= 0.6 is 0 Å². The highest BCUT2D eigenvalue weighted by Gasteiger charge is 2.38. The highest BCUT2D eigenvalue weighted by molar-refractivity contribution is 7.04. The van der Waals surface area contributed by atoms with Crippen LogP contribution < -0.4 is 15.3 Å². The third kappa shape index (κ3) is 4.08. The maximum atomic E-state index is 6.32. The topological polar surface area (TPSA) is 16.4 Å². The molecule has 3 heteroatoms. The zero-order valence-corrected chi connectivity index (χ0v) is 26.3. The van der Waals surface area contributed by atoms with Gasteiger partial charge in [-0.1, -0.05) is 104 Å². The molecule has 45 heavy (non-hydrogen) atoms. The fourth-order valence-electron chi connectivity index (χ4n) is 7.28. The second-order valence-corrected chi connectivity index (χ2v) is 17.0. The summed E-state index contributed by atoms with van der Waals surface area (Å²) in [5.41, 5.74) is 10.6. The van der Waals surface area contributed by atoms with Gasteiger partial charge in [0.2, 0.25) is 0 Å². The molecule has 1 aromatic heterocycles. The number of rotatable bonds is 4. The zero-order valence-electron chi connectivity index (χ0n) is 25.3. The van der Waals surface area contributed by atoms with E-state index in [0.717, 1.165) is 22.5 Å². The van der Waals surface area contributed by atoms with E-state index < -0.39 is 8.07 Å². The quantitative estimate of drug-likeness (QED) is 0.189. The standard InChI is InChI=1S/C42H31NOSi/c1-45(2)41-25-34(22-23-36(41)38-26-37-35-14-8-9-15-39(35)44-40(37)27-42(38)45)43(32-12-4-3-5-13-32)33-20-18-29(19-21-33)31-17-16-28-10-6-7-11-30(28)24-31/h3-27H,1-2H3. The summed E-state index contributed by atoms with van der Waals surface area (Å²) in [7, 11) is -1.99. The summed E-state index contributed by atoms with van der Waals surface area (Å²) >= 11 is 0. The SMILES string of the molecule is C[Si]1(C)c2cc(N(c3ccccc3)c3ccc(-c4ccc5ccccc5c4)cc3)ccc2-c2cc3c(cc21)oc1ccccc13. The van der Waals surface area contributed by atoms with E-state index in [-0.39, 0.29) is 0 Å². The van der Waals surface area contributed by atoms with Gasteiger partial charge < -0.3 is 9.32 Å². The third-order valence-electron chi connectivity index (χ3n) is 9.64. The minimum Gasteiger partial charge on any atom is -0.456 e. The summed E-state index contributed by atoms with van der Waals surface area (Å²) in [4.78, 5) is 2.39. The van der Waals surface area contributed by atoms with Crippen LogP contribution in [0.1, 0.15) is 0 Å². The summed E-state index contributed by atoms with van der Waals surface area (Å²) in [5.74, 6) is 0. The molecule has 0 spiro atoms. The maximum Gasteiger partial charge on any atom is 0.135 e. The van der Waals surface area contributed by atoms with Gasteiger partial charge in [-0.3, -0.25) is 0 Å². The minimum absolute atomic E-state index is 0.955. The van der Waals surface area contributed by atoms with E-state index in [9.17, 15) is 0 Å². The van der Waals surface area contributed by atoms with Gasteiger partial charge in [-0.25, -0.2) is 0 Å². The van der Waals surface area contributed by atoms with Crippen LogP contribution in [0.2, 0.25) is 13.1 Å². The van der Waals surface area contributed by atoms with E-state index in [1.807, 2.05) is 6.07 Å². The molecule has 9 rings (SSSR count). The monoisotopic (exact) mass is 593 g/mol. The van der Waals surface area contributed by atoms with Crippen molar-refractivity contribution < 1.29 is 4.42 Å². The molecule has 7 aromatic carbocycles. The van der Waals surface area contributed by atoms with Crippen LogP contribution in [0.3, 0.4) is 0 Å². The van der Waals surface area contributed by atoms with Crippen molar-refractivity contribution in [3.8, 4) is 22.3 Å². The van der Waals surface area contributed by atoms with E-state index in [2.05, 4.69) is 164 Å². The number of anilines is 3. The maximum absolute atomic E-state index is 6.32. The first-order valence-corrected chi connectivity index (χ1v) is 18.6. The van der Waals surface area contributed by atoms with Gasteiger partial charge in [0.15, 0.2) is 0 Å². The Labute approximate surface area is 263 Å². The van der Waals surface area contributed by atoms with Gasteiger partial charge in [-0.05, 0) is 104 Å². The molecule has 1 aliphatic heterocycles. The third-order valence-corrected chi connectivity index (χ3v) is 13.2. The van der Waals surface area contributed by atoms with Gasteiger partial charge in [0.1, 0.15) is 19.2 Å². The van der Waals surface area contributed by atoms with Crippen molar-refractivity contribution in [3.63, 3.8) is 0 Å². The molecule has 1 aliphatic rings. The number of hydrogen-bond acceptors (Lipinski definition) is 2. The lowest BCUT2D eigenvalue weighted by Crippen LogP contribution is -2.49. The molecule has 8 aromatic rings. The molecule has 214 valence electrons. The molecule has 0 atom stereocenters. The molecular weight excluding hydrogens is 563 g/mol. The molecule has 0 radical (unpaired) electrons. The summed E-state index contributed by atoms with van der Waals surface area (Å²) < 4.78 is 6.32. The normalized spacial score (nSPS) is 13.3. The number of hydrogen-bond donors (Lipinski definition) is 0. The van der Waals surface area contributed by atoms with Gasteiger partial charge in [-0.15, -0.1) is 0 Å². The van der Waals surface area contributed by atoms with Crippen LogP contribution in [-0.4, -0.2) is 8.07 Å². The Morgan fingerprint density at radius 3 is 1.96 bits per heavy atom. The number of furan rings is 1. The Balaban J connectivity index is 1.15. The second kappa shape index (κ2) is 9.81. The Kier molecular flexibility index (Phi) is 5.68. The van der Waals surface area contributed by atoms with Crippen LogP contribution in [0.15, 0.2) is 156 Å². The molecule has 2 heterocycles. The van der Waals surface area contributed by atoms with Crippen LogP contribution in [0.5, 0.6) is 0 Å². The summed E-state index contributed by atoms with van der Waals surface area (Å²) in [6, 6.07) is 55.1. The molecule has 0 saturated carbocycles. The Morgan fingerprint density at radius 1 is 0.444 bits per heavy atom. The lowest BCUT2D eigenvalue weighted by Gasteiger charge is -2.27. The number of para-hydroxylation sites is 2. The average Bonchev–Trinajstić information content (AvgIpc) is 3.56. The van der Waals surface area contributed by atoms with Crippen molar-refractivity contribution in [3.05, 3.63) is 152 Å². The van der Waals surface area contributed by atoms with Crippen molar-refractivity contribution in [2.24, 2.45) is 0 Å². The van der Waals surface area contributed by atoms with Crippen molar-refractivity contribution in [1.82, 2.24) is 0 Å². The van der Waals surface area contributed by atoms with E-state index in [1.54, 1.807) is 0 Å². The van der Waals surface area contributed by atoms with Gasteiger partial charge >= 0.3 is 0 Å². The highest BCUT2D eigenvalue weighted by Crippen LogP contribution is 2.40. The van der Waals surface area contributed by atoms with Crippen LogP contribution in [0, 0.1) is 0 Å². The Morgan fingerprint density at radius 2 is 1.11 bits per heavy atom. The predicted molar refractivity (Wildman–Crippen MR) is 194 cm³/mol. The fraction of sp³-hybridized carbons (Fsp3) is 0.0476. The largest absolute Gasteiger partial charge is 0.456 e. The fourth-order valence-corrected chi connectivity index (χ4v) is 10.3. The smallest absolute Gasteiger partial charge is 0.135 e. The van der Waals surface area contributed by atoms with E-state index in [0.29, 0.717) is 0 Å². The Bertz CT molecular complexity index is 2400. The van der Waals surface area contributed by atoms with Crippen molar-refractivity contribution >= 4 is 68.2 Å². The number of fused-ring (bicyclic) bond motifs is 7. The number of nitrogens with zero attached hydrogens (tertiary/aromatic N) is 1. The first-order chi connectivity index (χ1) is 22.0. The van der Waals surface area contributed by atoms with Crippen LogP contribution in [0.25, 0.3) is 55.0 Å². The summed E-state index contributed by atoms with van der Waals surface area (Å²) in [6.45, 7) is 4.95. The molecule has 0 fully saturated rings. The summed E-state index contributed by atoms with van der Waals surface area (Å²) in [6.07, 6.45) is 0. The van der Waals surface area contributed by atoms with Crippen LogP contribution in [-0.2, 0) is 0 Å². The first kappa shape index (κ1) is 26.1. The second-order valence-electron chi connectivity index (χ2n) is 12.6. The van der Waals surface area contributed by atoms with E-state index in [1.165, 1.54) is 59.9 Å². The molecule has 0 amide bonds. The molecular formula is C42H31NOSi. The molecule has 0 N–H and O–H groups in total. The van der Waals surface area contributed by atoms with Gasteiger partial charge in [0, 0.05) is 27.8 Å². The van der Waals surface area contributed by atoms with Crippen molar-refractivity contribution in [1.29, 1.82) is 0 Å². The molecule has 0 unspecified atom stereocenters. The van der Waals surface area contributed by atoms with E-state index >= 15 is 0 Å². The Hall–Kier alpha value is -5.38. The lowest BCUT2D eigenvalue weighted by atomic mass is 10.0. The molecule has 0 bridgehead atoms. The molecule has 0 saturated heterocycles. The first-order valence-electron chi connectivity index (χ1n) is 15.6. The molecule has 2 nitrogen and oxygen atoms in total. The minimum atomic E-state index is -1.99. The average molecular weight is 594 g/mol. The van der Waals surface area contributed by atoms with Gasteiger partial charge in [0.05, 0.1) is 0 Å². The van der Waals surface area contributed by atoms with Crippen molar-refractivity contribution in [2.45, 2.75) is 13.1 Å². The number of benzene rings is 7. The van der Waals surface area contributed by atoms with Gasteiger partial charge in [0.25, 0.3) is 0 Å². The summed E-state index contributed by atoms with van der Waals surface area (Å²) in [5, 5.41) is 7.83.